The fourth-order valence-corrected chi connectivity index (χ4v) is 5.19. The smallest absolute Gasteiger partial charge is 0.275 e. The lowest BCUT2D eigenvalue weighted by Gasteiger charge is -2.40. The van der Waals surface area contributed by atoms with Crippen molar-refractivity contribution in [3.8, 4) is 17.1 Å². The van der Waals surface area contributed by atoms with Gasteiger partial charge in [0.1, 0.15) is 22.8 Å². The second kappa shape index (κ2) is 8.00. The highest BCUT2D eigenvalue weighted by molar-refractivity contribution is 5.93. The van der Waals surface area contributed by atoms with Crippen molar-refractivity contribution in [1.82, 2.24) is 24.5 Å². The Morgan fingerprint density at radius 1 is 1.19 bits per heavy atom. The third-order valence-corrected chi connectivity index (χ3v) is 6.95. The minimum Gasteiger partial charge on any atom is -0.495 e. The van der Waals surface area contributed by atoms with Crippen molar-refractivity contribution in [3.05, 3.63) is 80.9 Å². The van der Waals surface area contributed by atoms with Gasteiger partial charge in [0.15, 0.2) is 5.82 Å². The van der Waals surface area contributed by atoms with Crippen LogP contribution < -0.4 is 21.6 Å². The first-order valence-corrected chi connectivity index (χ1v) is 11.7. The summed E-state index contributed by atoms with van der Waals surface area (Å²) >= 11 is 0. The molecule has 0 aliphatic heterocycles. The van der Waals surface area contributed by atoms with Gasteiger partial charge in [0.25, 0.3) is 11.1 Å². The van der Waals surface area contributed by atoms with E-state index in [4.69, 9.17) is 10.5 Å². The molecule has 4 N–H and O–H groups in total. The number of hydrogen-bond donors (Lipinski definition) is 3. The average Bonchev–Trinajstić information content (AvgIpc) is 3.27. The number of nitrogens with two attached hydrogens (primary N) is 1. The highest BCUT2D eigenvalue weighted by Crippen LogP contribution is 2.46. The first-order chi connectivity index (χ1) is 17.7. The van der Waals surface area contributed by atoms with Gasteiger partial charge in [-0.15, -0.1) is 0 Å². The van der Waals surface area contributed by atoms with Crippen LogP contribution in [-0.4, -0.2) is 42.4 Å². The number of para-hydroxylation sites is 1. The number of nitrogens with one attached hydrogen (secondary N) is 1. The molecule has 188 valence electrons. The number of pyridine rings is 1. The van der Waals surface area contributed by atoms with E-state index >= 15 is 4.39 Å². The predicted molar refractivity (Wildman–Crippen MR) is 136 cm³/mol. The molecule has 0 saturated heterocycles. The van der Waals surface area contributed by atoms with Crippen LogP contribution in [-0.2, 0) is 0 Å². The molecule has 3 aromatic heterocycles. The molecular weight excluding hydrogens is 479 g/mol. The van der Waals surface area contributed by atoms with E-state index in [2.05, 4.69) is 15.3 Å². The number of rotatable bonds is 4. The van der Waals surface area contributed by atoms with E-state index in [0.717, 1.165) is 0 Å². The normalized spacial score (nSPS) is 19.3. The number of anilines is 1. The molecule has 3 heterocycles. The maximum atomic E-state index is 15.7. The van der Waals surface area contributed by atoms with Crippen molar-refractivity contribution in [2.24, 2.45) is 0 Å². The van der Waals surface area contributed by atoms with Gasteiger partial charge >= 0.3 is 0 Å². The Balaban J connectivity index is 1.64. The summed E-state index contributed by atoms with van der Waals surface area (Å²) in [5.41, 5.74) is 5.41. The highest BCUT2D eigenvalue weighted by atomic mass is 19.1. The molecule has 1 aliphatic rings. The number of methoxy groups -OCH3 is 1. The van der Waals surface area contributed by atoms with Crippen LogP contribution in [0.15, 0.2) is 58.3 Å². The Bertz CT molecular complexity index is 1820. The Labute approximate surface area is 208 Å². The second-order valence-corrected chi connectivity index (χ2v) is 9.62. The van der Waals surface area contributed by atoms with Crippen molar-refractivity contribution >= 4 is 27.5 Å². The number of halogens is 1. The number of aromatic nitrogens is 5. The standard InChI is InChI=1S/C26H23FN6O4/c1-26(36)10-13(11-26)21-20-22(23(28)29-30-24(20)34)33(31-21)18-9-16-15(8-17(18)27)19(37-2)12-32(25(16)35)14-6-4-3-5-7-14/h3-9,12-13,36H,10-11H2,1-2H3,(H2,28,29)(H,30,34). The predicted octanol–water partition coefficient (Wildman–Crippen LogP) is 2.77. The summed E-state index contributed by atoms with van der Waals surface area (Å²) < 4.78 is 23.8. The lowest BCUT2D eigenvalue weighted by Crippen LogP contribution is -2.39. The Morgan fingerprint density at radius 2 is 1.92 bits per heavy atom. The lowest BCUT2D eigenvalue weighted by atomic mass is 9.70. The van der Waals surface area contributed by atoms with Crippen molar-refractivity contribution in [3.63, 3.8) is 0 Å². The second-order valence-electron chi connectivity index (χ2n) is 9.62. The van der Waals surface area contributed by atoms with Gasteiger partial charge in [0.2, 0.25) is 0 Å². The van der Waals surface area contributed by atoms with Gasteiger partial charge in [-0.2, -0.15) is 10.2 Å². The van der Waals surface area contributed by atoms with Crippen LogP contribution in [0.25, 0.3) is 33.1 Å². The maximum Gasteiger partial charge on any atom is 0.275 e. The zero-order valence-corrected chi connectivity index (χ0v) is 20.0. The van der Waals surface area contributed by atoms with Crippen molar-refractivity contribution in [1.29, 1.82) is 0 Å². The molecule has 0 unspecified atom stereocenters. The van der Waals surface area contributed by atoms with E-state index in [1.165, 1.54) is 34.7 Å². The lowest BCUT2D eigenvalue weighted by molar-refractivity contribution is -0.0320. The molecule has 0 spiro atoms. The van der Waals surface area contributed by atoms with Crippen LogP contribution >= 0.6 is 0 Å². The molecule has 6 rings (SSSR count). The van der Waals surface area contributed by atoms with Gasteiger partial charge in [-0.3, -0.25) is 14.2 Å². The van der Waals surface area contributed by atoms with Crippen LogP contribution in [0.2, 0.25) is 0 Å². The fraction of sp³-hybridized carbons (Fsp3) is 0.231. The zero-order valence-electron chi connectivity index (χ0n) is 20.0. The van der Waals surface area contributed by atoms with E-state index in [1.807, 2.05) is 6.07 Å². The van der Waals surface area contributed by atoms with Crippen molar-refractivity contribution < 1.29 is 14.2 Å². The minimum absolute atomic E-state index is 0.0498. The van der Waals surface area contributed by atoms with E-state index in [9.17, 15) is 14.7 Å². The van der Waals surface area contributed by atoms with Crippen LogP contribution in [0.4, 0.5) is 10.2 Å². The van der Waals surface area contributed by atoms with E-state index in [1.54, 1.807) is 31.2 Å². The van der Waals surface area contributed by atoms with Gasteiger partial charge in [-0.05, 0) is 44.0 Å². The number of H-pyrrole nitrogens is 1. The molecule has 0 amide bonds. The summed E-state index contributed by atoms with van der Waals surface area (Å²) in [6, 6.07) is 11.6. The SMILES string of the molecule is COc1cn(-c2ccccc2)c(=O)c2cc(-n3nc(C4CC(C)(O)C4)c4c(=O)[nH]nc(N)c43)c(F)cc12. The Kier molecular flexibility index (Phi) is 4.96. The van der Waals surface area contributed by atoms with Gasteiger partial charge in [0, 0.05) is 17.0 Å². The Morgan fingerprint density at radius 3 is 2.59 bits per heavy atom. The number of aliphatic hydroxyl groups is 1. The van der Waals surface area contributed by atoms with E-state index < -0.39 is 17.0 Å². The number of nitrogen functional groups attached to an aromatic ring is 1. The van der Waals surface area contributed by atoms with E-state index in [0.29, 0.717) is 30.0 Å². The number of fused-ring (bicyclic) bond motifs is 2. The molecule has 0 atom stereocenters. The van der Waals surface area contributed by atoms with Gasteiger partial charge in [-0.1, -0.05) is 18.2 Å². The topological polar surface area (TPSA) is 141 Å². The van der Waals surface area contributed by atoms with Gasteiger partial charge < -0.3 is 15.6 Å². The molecule has 2 aromatic carbocycles. The third kappa shape index (κ3) is 3.50. The molecule has 11 heteroatoms. The number of nitrogens with zero attached hydrogens (tertiary/aromatic N) is 4. The summed E-state index contributed by atoms with van der Waals surface area (Å²) in [5, 5.41) is 21.7. The summed E-state index contributed by atoms with van der Waals surface area (Å²) in [5.74, 6) is -0.657. The average molecular weight is 503 g/mol. The molecule has 5 aromatic rings. The van der Waals surface area contributed by atoms with Crippen molar-refractivity contribution in [2.45, 2.75) is 31.3 Å². The van der Waals surface area contributed by atoms with E-state index in [-0.39, 0.29) is 44.7 Å². The molecule has 1 saturated carbocycles. The zero-order chi connectivity index (χ0) is 26.1. The van der Waals surface area contributed by atoms with Gasteiger partial charge in [-0.25, -0.2) is 14.2 Å². The minimum atomic E-state index is -0.876. The molecule has 37 heavy (non-hydrogen) atoms. The summed E-state index contributed by atoms with van der Waals surface area (Å²) in [6.07, 6.45) is 2.30. The molecular formula is C26H23FN6O4. The largest absolute Gasteiger partial charge is 0.495 e. The van der Waals surface area contributed by atoms with Crippen molar-refractivity contribution in [2.75, 3.05) is 12.8 Å². The first-order valence-electron chi connectivity index (χ1n) is 11.7. The highest BCUT2D eigenvalue weighted by Gasteiger charge is 2.42. The summed E-state index contributed by atoms with van der Waals surface area (Å²) in [4.78, 5) is 26.3. The summed E-state index contributed by atoms with van der Waals surface area (Å²) in [6.45, 7) is 1.71. The number of benzene rings is 2. The number of ether oxygens (including phenoxy) is 1. The first kappa shape index (κ1) is 22.9. The van der Waals surface area contributed by atoms with Crippen LogP contribution in [0, 0.1) is 5.82 Å². The molecule has 1 aliphatic carbocycles. The van der Waals surface area contributed by atoms with Gasteiger partial charge in [0.05, 0.1) is 35.4 Å². The number of aromatic amines is 1. The molecule has 1 fully saturated rings. The quantitative estimate of drug-likeness (QED) is 0.343. The summed E-state index contributed by atoms with van der Waals surface area (Å²) in [7, 11) is 1.44. The third-order valence-electron chi connectivity index (χ3n) is 6.95. The monoisotopic (exact) mass is 502 g/mol. The van der Waals surface area contributed by atoms with Crippen LogP contribution in [0.5, 0.6) is 5.75 Å². The maximum absolute atomic E-state index is 15.7. The number of hydrogen-bond acceptors (Lipinski definition) is 7. The molecule has 10 nitrogen and oxygen atoms in total. The Hall–Kier alpha value is -4.51. The molecule has 0 radical (unpaired) electrons. The van der Waals surface area contributed by atoms with Crippen LogP contribution in [0.1, 0.15) is 31.4 Å². The molecule has 0 bridgehead atoms. The van der Waals surface area contributed by atoms with Crippen LogP contribution in [0.3, 0.4) is 0 Å². The fourth-order valence-electron chi connectivity index (χ4n) is 5.19.